The Bertz CT molecular complexity index is 792. The monoisotopic (exact) mass is 386 g/mol. The molecule has 4 nitrogen and oxygen atoms in total. The lowest BCUT2D eigenvalue weighted by Gasteiger charge is -2.49. The van der Waals surface area contributed by atoms with Gasteiger partial charge in [0.1, 0.15) is 5.82 Å². The first kappa shape index (κ1) is 18.6. The van der Waals surface area contributed by atoms with E-state index in [0.29, 0.717) is 11.3 Å². The summed E-state index contributed by atoms with van der Waals surface area (Å²) >= 11 is 0. The zero-order valence-corrected chi connectivity index (χ0v) is 16.9. The number of carbonyl (C=O) groups is 1. The van der Waals surface area contributed by atoms with Crippen LogP contribution in [-0.4, -0.2) is 29.1 Å². The Morgan fingerprint density at radius 2 is 1.96 bits per heavy atom. The largest absolute Gasteiger partial charge is 0.295 e. The number of fused-ring (bicyclic) bond motifs is 7. The molecule has 1 aromatic rings. The lowest BCUT2D eigenvalue weighted by molar-refractivity contribution is 0.0160. The molecule has 1 heterocycles. The number of carbonyl (C=O) groups excluding carboxylic acids is 1. The molecule has 4 unspecified atom stereocenters. The first-order valence-electron chi connectivity index (χ1n) is 10.9. The van der Waals surface area contributed by atoms with Gasteiger partial charge in [0.05, 0.1) is 0 Å². The van der Waals surface area contributed by atoms with Crippen molar-refractivity contribution in [1.82, 2.24) is 10.4 Å². The molecule has 4 aliphatic rings. The maximum absolute atomic E-state index is 14.9. The van der Waals surface area contributed by atoms with E-state index >= 15 is 0 Å². The minimum Gasteiger partial charge on any atom is -0.295 e. The highest BCUT2D eigenvalue weighted by atomic mass is 19.1. The van der Waals surface area contributed by atoms with Crippen molar-refractivity contribution < 1.29 is 14.4 Å². The van der Waals surface area contributed by atoms with Gasteiger partial charge in [-0.15, -0.1) is 0 Å². The predicted molar refractivity (Wildman–Crippen MR) is 105 cm³/mol. The van der Waals surface area contributed by atoms with Crippen LogP contribution in [0, 0.1) is 29.0 Å². The molecule has 4 atom stereocenters. The summed E-state index contributed by atoms with van der Waals surface area (Å²) in [5, 5.41) is 8.87. The number of benzene rings is 1. The standard InChI is InChI=1S/C23H31FN2O2/c1-13-3-14-5-15(4-13)10-23(2,9-14)12-26-11-17-8-20(26)21-18(17)6-16(7-19(21)24)22(27)25-28/h6-7,13-15,17,20,28H,3-5,8-12H2,1-2H3,(H,25,27). The van der Waals surface area contributed by atoms with E-state index in [4.69, 9.17) is 5.21 Å². The van der Waals surface area contributed by atoms with E-state index < -0.39 is 5.91 Å². The SMILES string of the molecule is CC1CC2CC(C1)CC(C)(CN1CC3CC1c1c(F)cc(C(=O)NO)cc13)C2. The average molecular weight is 387 g/mol. The molecule has 0 spiro atoms. The van der Waals surface area contributed by atoms with Crippen molar-refractivity contribution in [2.75, 3.05) is 13.1 Å². The highest BCUT2D eigenvalue weighted by Crippen LogP contribution is 2.55. The fourth-order valence-corrected chi connectivity index (χ4v) is 7.46. The van der Waals surface area contributed by atoms with Crippen LogP contribution in [0.25, 0.3) is 0 Å². The molecule has 1 aliphatic heterocycles. The fourth-order valence-electron chi connectivity index (χ4n) is 7.46. The minimum atomic E-state index is -0.642. The van der Waals surface area contributed by atoms with Crippen molar-refractivity contribution in [2.45, 2.75) is 64.3 Å². The van der Waals surface area contributed by atoms with E-state index in [1.54, 1.807) is 11.5 Å². The first-order chi connectivity index (χ1) is 13.3. The van der Waals surface area contributed by atoms with Crippen LogP contribution in [0.2, 0.25) is 0 Å². The lowest BCUT2D eigenvalue weighted by Crippen LogP contribution is -2.44. The number of hydrogen-bond donors (Lipinski definition) is 2. The molecule has 0 radical (unpaired) electrons. The van der Waals surface area contributed by atoms with Crippen LogP contribution in [0.15, 0.2) is 12.1 Å². The summed E-state index contributed by atoms with van der Waals surface area (Å²) in [7, 11) is 0. The number of amides is 1. The number of rotatable bonds is 3. The summed E-state index contributed by atoms with van der Waals surface area (Å²) < 4.78 is 14.9. The Labute approximate surface area is 166 Å². The third-order valence-electron chi connectivity index (χ3n) is 7.99. The van der Waals surface area contributed by atoms with Crippen LogP contribution < -0.4 is 5.48 Å². The van der Waals surface area contributed by atoms with Gasteiger partial charge in [-0.25, -0.2) is 9.87 Å². The van der Waals surface area contributed by atoms with Gasteiger partial charge in [0.25, 0.3) is 5.91 Å². The molecule has 2 saturated carbocycles. The summed E-state index contributed by atoms with van der Waals surface area (Å²) in [6.45, 7) is 6.89. The molecule has 1 amide bonds. The van der Waals surface area contributed by atoms with Crippen molar-refractivity contribution in [2.24, 2.45) is 23.2 Å². The third kappa shape index (κ3) is 2.98. The molecule has 3 aliphatic carbocycles. The molecule has 1 aromatic carbocycles. The van der Waals surface area contributed by atoms with Crippen LogP contribution in [0.5, 0.6) is 0 Å². The van der Waals surface area contributed by atoms with Crippen molar-refractivity contribution in [3.8, 4) is 0 Å². The van der Waals surface area contributed by atoms with Gasteiger partial charge in [-0.1, -0.05) is 13.8 Å². The van der Waals surface area contributed by atoms with Gasteiger partial charge in [0.2, 0.25) is 0 Å². The lowest BCUT2D eigenvalue weighted by atomic mass is 9.59. The molecule has 5 heteroatoms. The number of nitrogens with zero attached hydrogens (tertiary/aromatic N) is 1. The van der Waals surface area contributed by atoms with Gasteiger partial charge in [-0.05, 0) is 85.3 Å². The van der Waals surface area contributed by atoms with Crippen molar-refractivity contribution in [3.05, 3.63) is 34.6 Å². The summed E-state index contributed by atoms with van der Waals surface area (Å²) in [6.07, 6.45) is 7.76. The topological polar surface area (TPSA) is 52.6 Å². The number of likely N-dealkylation sites (tertiary alicyclic amines) is 1. The minimum absolute atomic E-state index is 0.142. The molecule has 1 saturated heterocycles. The van der Waals surface area contributed by atoms with Crippen LogP contribution in [-0.2, 0) is 0 Å². The molecule has 2 N–H and O–H groups in total. The number of nitrogens with one attached hydrogen (secondary N) is 1. The quantitative estimate of drug-likeness (QED) is 0.588. The van der Waals surface area contributed by atoms with Gasteiger partial charge >= 0.3 is 0 Å². The maximum Gasteiger partial charge on any atom is 0.274 e. The Morgan fingerprint density at radius 3 is 2.64 bits per heavy atom. The maximum atomic E-state index is 14.9. The number of hydroxylamine groups is 1. The molecule has 0 aromatic heterocycles. The summed E-state index contributed by atoms with van der Waals surface area (Å²) in [5.41, 5.74) is 3.93. The normalized spacial score (nSPS) is 39.1. The molecular formula is C23H31FN2O2. The van der Waals surface area contributed by atoms with Crippen LogP contribution in [0.3, 0.4) is 0 Å². The Hall–Kier alpha value is -1.46. The third-order valence-corrected chi connectivity index (χ3v) is 7.99. The average Bonchev–Trinajstić information content (AvgIpc) is 3.17. The van der Waals surface area contributed by atoms with Crippen LogP contribution >= 0.6 is 0 Å². The van der Waals surface area contributed by atoms with E-state index in [2.05, 4.69) is 18.7 Å². The summed E-state index contributed by atoms with van der Waals surface area (Å²) in [5.74, 6) is 1.98. The van der Waals surface area contributed by atoms with E-state index in [-0.39, 0.29) is 17.4 Å². The van der Waals surface area contributed by atoms with Crippen LogP contribution in [0.4, 0.5) is 4.39 Å². The number of hydrogen-bond acceptors (Lipinski definition) is 3. The Kier molecular flexibility index (Phi) is 4.33. The summed E-state index contributed by atoms with van der Waals surface area (Å²) in [4.78, 5) is 14.2. The second-order valence-electron chi connectivity index (χ2n) is 10.5. The summed E-state index contributed by atoms with van der Waals surface area (Å²) in [6, 6.07) is 3.20. The van der Waals surface area contributed by atoms with Crippen molar-refractivity contribution in [3.63, 3.8) is 0 Å². The highest BCUT2D eigenvalue weighted by molar-refractivity contribution is 5.93. The van der Waals surface area contributed by atoms with Gasteiger partial charge in [0, 0.05) is 30.3 Å². The smallest absolute Gasteiger partial charge is 0.274 e. The molecule has 3 fully saturated rings. The predicted octanol–water partition coefficient (Wildman–Crippen LogP) is 4.64. The highest BCUT2D eigenvalue weighted by Gasteiger charge is 2.48. The van der Waals surface area contributed by atoms with Gasteiger partial charge in [0.15, 0.2) is 0 Å². The number of halogens is 1. The zero-order valence-electron chi connectivity index (χ0n) is 16.9. The molecular weight excluding hydrogens is 355 g/mol. The second-order valence-corrected chi connectivity index (χ2v) is 10.5. The molecule has 5 rings (SSSR count). The molecule has 28 heavy (non-hydrogen) atoms. The van der Waals surface area contributed by atoms with Gasteiger partial charge in [-0.2, -0.15) is 0 Å². The van der Waals surface area contributed by atoms with E-state index in [1.165, 1.54) is 38.2 Å². The zero-order chi connectivity index (χ0) is 19.6. The Balaban J connectivity index is 1.36. The van der Waals surface area contributed by atoms with E-state index in [1.807, 2.05) is 0 Å². The van der Waals surface area contributed by atoms with Crippen LogP contribution in [0.1, 0.15) is 85.8 Å². The molecule has 4 bridgehead atoms. The van der Waals surface area contributed by atoms with Crippen molar-refractivity contribution >= 4 is 5.91 Å². The second kappa shape index (κ2) is 6.53. The van der Waals surface area contributed by atoms with Crippen molar-refractivity contribution in [1.29, 1.82) is 0 Å². The Morgan fingerprint density at radius 1 is 1.25 bits per heavy atom. The first-order valence-corrected chi connectivity index (χ1v) is 10.9. The van der Waals surface area contributed by atoms with Gasteiger partial charge in [-0.3, -0.25) is 14.9 Å². The van der Waals surface area contributed by atoms with E-state index in [9.17, 15) is 9.18 Å². The fraction of sp³-hybridized carbons (Fsp3) is 0.696. The van der Waals surface area contributed by atoms with E-state index in [0.717, 1.165) is 48.4 Å². The molecule has 152 valence electrons. The van der Waals surface area contributed by atoms with Gasteiger partial charge < -0.3 is 0 Å².